The molecular formula is C18H35NO. The Hall–Kier alpha value is -0.340. The zero-order chi connectivity index (χ0) is 15.0. The van der Waals surface area contributed by atoms with Gasteiger partial charge in [0.15, 0.2) is 0 Å². The van der Waals surface area contributed by atoms with Gasteiger partial charge in [0.1, 0.15) is 0 Å². The van der Waals surface area contributed by atoms with Crippen molar-refractivity contribution >= 4 is 0 Å². The summed E-state index contributed by atoms with van der Waals surface area (Å²) in [6, 6.07) is 0.139. The molecule has 2 N–H and O–H groups in total. The molecule has 0 aromatic carbocycles. The molecule has 2 heteroatoms. The molecule has 0 aromatic rings. The second-order valence-corrected chi connectivity index (χ2v) is 7.06. The monoisotopic (exact) mass is 281 g/mol. The number of ether oxygens (including phenoxy) is 1. The first kappa shape index (κ1) is 17.7. The van der Waals surface area contributed by atoms with E-state index < -0.39 is 0 Å². The Morgan fingerprint density at radius 2 is 1.90 bits per heavy atom. The van der Waals surface area contributed by atoms with Gasteiger partial charge in [-0.3, -0.25) is 0 Å². The van der Waals surface area contributed by atoms with E-state index in [2.05, 4.69) is 32.9 Å². The molecule has 0 saturated heterocycles. The number of unbranched alkanes of at least 4 members (excludes halogenated alkanes) is 5. The van der Waals surface area contributed by atoms with Gasteiger partial charge in [0.2, 0.25) is 0 Å². The Labute approximate surface area is 126 Å². The highest BCUT2D eigenvalue weighted by atomic mass is 16.5. The Morgan fingerprint density at radius 1 is 1.20 bits per heavy atom. The number of hydrogen-bond donors (Lipinski definition) is 1. The minimum Gasteiger partial charge on any atom is -0.379 e. The molecule has 0 aromatic heterocycles. The SMILES string of the molecule is CCCCCCCC=C[C@@H]1CCC(C)(C)[C@H](OC)[C@H]1N. The zero-order valence-corrected chi connectivity index (χ0v) is 14.0. The number of hydrogen-bond acceptors (Lipinski definition) is 2. The standard InChI is InChI=1S/C18H35NO/c1-5-6-7-8-9-10-11-12-15-13-14-18(2,3)17(20-4)16(15)19/h11-12,15-17H,5-10,13-14,19H2,1-4H3/t15-,16+,17-/m1/s1. The molecule has 1 aliphatic carbocycles. The van der Waals surface area contributed by atoms with E-state index in [0.29, 0.717) is 5.92 Å². The van der Waals surface area contributed by atoms with Crippen LogP contribution in [0.5, 0.6) is 0 Å². The van der Waals surface area contributed by atoms with Crippen molar-refractivity contribution in [3.05, 3.63) is 12.2 Å². The molecule has 2 nitrogen and oxygen atoms in total. The van der Waals surface area contributed by atoms with Crippen LogP contribution in [0.1, 0.15) is 72.1 Å². The number of allylic oxidation sites excluding steroid dienone is 1. The molecule has 0 aliphatic heterocycles. The summed E-state index contributed by atoms with van der Waals surface area (Å²) < 4.78 is 5.66. The lowest BCUT2D eigenvalue weighted by Crippen LogP contribution is -2.53. The van der Waals surface area contributed by atoms with Crippen LogP contribution < -0.4 is 5.73 Å². The minimum atomic E-state index is 0.139. The van der Waals surface area contributed by atoms with E-state index in [1.807, 2.05) is 0 Å². The maximum absolute atomic E-state index is 6.41. The molecule has 118 valence electrons. The van der Waals surface area contributed by atoms with Crippen LogP contribution in [0, 0.1) is 11.3 Å². The van der Waals surface area contributed by atoms with Crippen LogP contribution in [0.15, 0.2) is 12.2 Å². The molecule has 0 unspecified atom stereocenters. The van der Waals surface area contributed by atoms with Gasteiger partial charge >= 0.3 is 0 Å². The third-order valence-electron chi connectivity index (χ3n) is 4.85. The second-order valence-electron chi connectivity index (χ2n) is 7.06. The summed E-state index contributed by atoms with van der Waals surface area (Å²) in [7, 11) is 1.80. The lowest BCUT2D eigenvalue weighted by Gasteiger charge is -2.44. The van der Waals surface area contributed by atoms with E-state index in [9.17, 15) is 0 Å². The molecule has 1 aliphatic rings. The van der Waals surface area contributed by atoms with Gasteiger partial charge in [0.25, 0.3) is 0 Å². The fourth-order valence-corrected chi connectivity index (χ4v) is 3.46. The summed E-state index contributed by atoms with van der Waals surface area (Å²) >= 11 is 0. The van der Waals surface area contributed by atoms with Crippen LogP contribution in [-0.4, -0.2) is 19.3 Å². The summed E-state index contributed by atoms with van der Waals surface area (Å²) in [5, 5.41) is 0. The first-order valence-corrected chi connectivity index (χ1v) is 8.48. The van der Waals surface area contributed by atoms with Crippen molar-refractivity contribution in [1.82, 2.24) is 0 Å². The van der Waals surface area contributed by atoms with Gasteiger partial charge in [-0.2, -0.15) is 0 Å². The molecule has 1 saturated carbocycles. The number of methoxy groups -OCH3 is 1. The summed E-state index contributed by atoms with van der Waals surface area (Å²) in [5.41, 5.74) is 6.62. The van der Waals surface area contributed by atoms with Crippen molar-refractivity contribution in [2.24, 2.45) is 17.1 Å². The third kappa shape index (κ3) is 5.21. The predicted octanol–water partition coefficient (Wildman–Crippen LogP) is 4.68. The summed E-state index contributed by atoms with van der Waals surface area (Å²) in [4.78, 5) is 0. The molecule has 0 amide bonds. The zero-order valence-electron chi connectivity index (χ0n) is 14.0. The molecule has 20 heavy (non-hydrogen) atoms. The average Bonchev–Trinajstić information content (AvgIpc) is 2.40. The van der Waals surface area contributed by atoms with Crippen LogP contribution in [0.25, 0.3) is 0 Å². The van der Waals surface area contributed by atoms with Crippen LogP contribution in [-0.2, 0) is 4.74 Å². The molecule has 0 bridgehead atoms. The van der Waals surface area contributed by atoms with E-state index >= 15 is 0 Å². The van der Waals surface area contributed by atoms with Gasteiger partial charge in [-0.15, -0.1) is 0 Å². The first-order valence-electron chi connectivity index (χ1n) is 8.48. The summed E-state index contributed by atoms with van der Waals surface area (Å²) in [5.74, 6) is 0.489. The van der Waals surface area contributed by atoms with E-state index in [0.717, 1.165) is 0 Å². The van der Waals surface area contributed by atoms with Crippen molar-refractivity contribution in [3.63, 3.8) is 0 Å². The molecule has 1 rings (SSSR count). The van der Waals surface area contributed by atoms with Crippen LogP contribution in [0.2, 0.25) is 0 Å². The van der Waals surface area contributed by atoms with Gasteiger partial charge in [-0.1, -0.05) is 58.6 Å². The van der Waals surface area contributed by atoms with Crippen molar-refractivity contribution in [2.45, 2.75) is 84.3 Å². The lowest BCUT2D eigenvalue weighted by atomic mass is 9.68. The van der Waals surface area contributed by atoms with Gasteiger partial charge in [0, 0.05) is 13.2 Å². The summed E-state index contributed by atoms with van der Waals surface area (Å²) in [6.45, 7) is 6.81. The average molecular weight is 281 g/mol. The number of nitrogens with two attached hydrogens (primary N) is 1. The molecular weight excluding hydrogens is 246 g/mol. The molecule has 0 spiro atoms. The van der Waals surface area contributed by atoms with Crippen molar-refractivity contribution < 1.29 is 4.74 Å². The second kappa shape index (κ2) is 8.84. The Kier molecular flexibility index (Phi) is 7.83. The van der Waals surface area contributed by atoms with Crippen molar-refractivity contribution in [2.75, 3.05) is 7.11 Å². The third-order valence-corrected chi connectivity index (χ3v) is 4.85. The smallest absolute Gasteiger partial charge is 0.0778 e. The Bertz CT molecular complexity index is 285. The fraction of sp³-hybridized carbons (Fsp3) is 0.889. The van der Waals surface area contributed by atoms with E-state index in [-0.39, 0.29) is 17.6 Å². The van der Waals surface area contributed by atoms with Crippen molar-refractivity contribution in [3.8, 4) is 0 Å². The highest BCUT2D eigenvalue weighted by molar-refractivity contribution is 5.03. The molecule has 3 atom stereocenters. The van der Waals surface area contributed by atoms with Crippen LogP contribution in [0.3, 0.4) is 0 Å². The van der Waals surface area contributed by atoms with Gasteiger partial charge in [-0.05, 0) is 37.0 Å². The molecule has 0 radical (unpaired) electrons. The van der Waals surface area contributed by atoms with Crippen LogP contribution in [0.4, 0.5) is 0 Å². The topological polar surface area (TPSA) is 35.2 Å². The van der Waals surface area contributed by atoms with E-state index in [4.69, 9.17) is 10.5 Å². The van der Waals surface area contributed by atoms with Gasteiger partial charge in [0.05, 0.1) is 6.10 Å². The largest absolute Gasteiger partial charge is 0.379 e. The summed E-state index contributed by atoms with van der Waals surface area (Å²) in [6.07, 6.45) is 15.2. The van der Waals surface area contributed by atoms with Crippen LogP contribution >= 0.6 is 0 Å². The van der Waals surface area contributed by atoms with E-state index in [1.165, 1.54) is 51.4 Å². The maximum atomic E-state index is 6.41. The fourth-order valence-electron chi connectivity index (χ4n) is 3.46. The highest BCUT2D eigenvalue weighted by Crippen LogP contribution is 2.39. The molecule has 1 fully saturated rings. The maximum Gasteiger partial charge on any atom is 0.0778 e. The lowest BCUT2D eigenvalue weighted by molar-refractivity contribution is -0.0479. The quantitative estimate of drug-likeness (QED) is 0.518. The van der Waals surface area contributed by atoms with Crippen molar-refractivity contribution in [1.29, 1.82) is 0 Å². The Morgan fingerprint density at radius 3 is 2.55 bits per heavy atom. The van der Waals surface area contributed by atoms with Gasteiger partial charge < -0.3 is 10.5 Å². The van der Waals surface area contributed by atoms with E-state index in [1.54, 1.807) is 7.11 Å². The van der Waals surface area contributed by atoms with Gasteiger partial charge in [-0.25, -0.2) is 0 Å². The highest BCUT2D eigenvalue weighted by Gasteiger charge is 2.41. The minimum absolute atomic E-state index is 0.139. The number of rotatable bonds is 8. The molecule has 0 heterocycles. The Balaban J connectivity index is 2.33. The first-order chi connectivity index (χ1) is 9.53. The predicted molar refractivity (Wildman–Crippen MR) is 87.8 cm³/mol. The normalized spacial score (nSPS) is 29.9.